The zero-order valence-electron chi connectivity index (χ0n) is 19.2. The van der Waals surface area contributed by atoms with Gasteiger partial charge in [-0.2, -0.15) is 0 Å². The Labute approximate surface area is 201 Å². The van der Waals surface area contributed by atoms with Gasteiger partial charge >= 0.3 is 6.03 Å². The van der Waals surface area contributed by atoms with E-state index in [-0.39, 0.29) is 18.0 Å². The maximum Gasteiger partial charge on any atom is 0.335 e. The highest BCUT2D eigenvalue weighted by Crippen LogP contribution is 2.31. The third-order valence-electron chi connectivity index (χ3n) is 5.32. The number of amides is 4. The molecule has 35 heavy (non-hydrogen) atoms. The third-order valence-corrected chi connectivity index (χ3v) is 5.32. The second-order valence-corrected chi connectivity index (χ2v) is 7.80. The molecule has 0 aromatic heterocycles. The van der Waals surface area contributed by atoms with Gasteiger partial charge in [0.25, 0.3) is 11.8 Å². The molecule has 4 rings (SSSR count). The van der Waals surface area contributed by atoms with Crippen LogP contribution < -0.4 is 19.7 Å². The summed E-state index contributed by atoms with van der Waals surface area (Å²) in [6, 6.07) is 17.1. The van der Waals surface area contributed by atoms with Gasteiger partial charge < -0.3 is 9.47 Å². The molecule has 1 aliphatic heterocycles. The lowest BCUT2D eigenvalue weighted by atomic mass is 10.1. The summed E-state index contributed by atoms with van der Waals surface area (Å²) in [4.78, 5) is 39.1. The van der Waals surface area contributed by atoms with Gasteiger partial charge in [-0.25, -0.2) is 14.1 Å². The fourth-order valence-corrected chi connectivity index (χ4v) is 3.65. The van der Waals surface area contributed by atoms with Crippen LogP contribution in [0.25, 0.3) is 6.08 Å². The van der Waals surface area contributed by atoms with Crippen molar-refractivity contribution >= 4 is 29.6 Å². The lowest BCUT2D eigenvalue weighted by Gasteiger charge is -2.27. The summed E-state index contributed by atoms with van der Waals surface area (Å²) in [5, 5.41) is 2.22. The Morgan fingerprint density at radius 1 is 0.943 bits per heavy atom. The number of hydrogen-bond donors (Lipinski definition) is 1. The molecule has 3 aromatic rings. The normalized spacial score (nSPS) is 14.8. The van der Waals surface area contributed by atoms with Crippen LogP contribution in [0.4, 0.5) is 14.9 Å². The Bertz CT molecular complexity index is 1330. The molecule has 1 fully saturated rings. The number of carbonyl (C=O) groups excluding carboxylic acids is 3. The molecule has 1 N–H and O–H groups in total. The van der Waals surface area contributed by atoms with Crippen LogP contribution in [-0.4, -0.2) is 24.5 Å². The van der Waals surface area contributed by atoms with Gasteiger partial charge in [-0.05, 0) is 66.9 Å². The number of benzene rings is 3. The first-order chi connectivity index (χ1) is 16.9. The molecule has 0 aliphatic carbocycles. The van der Waals surface area contributed by atoms with Crippen molar-refractivity contribution in [2.24, 2.45) is 0 Å². The van der Waals surface area contributed by atoms with E-state index in [4.69, 9.17) is 9.47 Å². The summed E-state index contributed by atoms with van der Waals surface area (Å²) in [6.45, 7) is 4.07. The van der Waals surface area contributed by atoms with Gasteiger partial charge in [0.05, 0.1) is 12.3 Å². The molecule has 0 unspecified atom stereocenters. The van der Waals surface area contributed by atoms with E-state index >= 15 is 0 Å². The van der Waals surface area contributed by atoms with Crippen molar-refractivity contribution in [1.82, 2.24) is 5.32 Å². The number of ether oxygens (including phenoxy) is 2. The first-order valence-corrected chi connectivity index (χ1v) is 11.0. The molecule has 7 nitrogen and oxygen atoms in total. The quantitative estimate of drug-likeness (QED) is 0.394. The highest BCUT2D eigenvalue weighted by molar-refractivity contribution is 6.39. The molecule has 8 heteroatoms. The van der Waals surface area contributed by atoms with E-state index in [9.17, 15) is 18.8 Å². The Hall–Kier alpha value is -4.46. The number of rotatable bonds is 7. The highest BCUT2D eigenvalue weighted by Gasteiger charge is 2.37. The lowest BCUT2D eigenvalue weighted by molar-refractivity contribution is -0.122. The number of halogens is 1. The van der Waals surface area contributed by atoms with Crippen LogP contribution in [-0.2, 0) is 16.2 Å². The number of nitrogens with one attached hydrogen (secondary N) is 1. The average molecular weight is 474 g/mol. The molecular formula is C27H23FN2O5. The van der Waals surface area contributed by atoms with E-state index in [1.807, 2.05) is 6.92 Å². The van der Waals surface area contributed by atoms with Crippen LogP contribution in [0, 0.1) is 12.7 Å². The van der Waals surface area contributed by atoms with E-state index < -0.39 is 17.8 Å². The first-order valence-electron chi connectivity index (χ1n) is 11.0. The van der Waals surface area contributed by atoms with E-state index in [0.717, 1.165) is 4.90 Å². The fourth-order valence-electron chi connectivity index (χ4n) is 3.65. The zero-order valence-corrected chi connectivity index (χ0v) is 19.2. The molecule has 0 radical (unpaired) electrons. The largest absolute Gasteiger partial charge is 0.490 e. The smallest absolute Gasteiger partial charge is 0.335 e. The van der Waals surface area contributed by atoms with Crippen molar-refractivity contribution in [3.8, 4) is 11.5 Å². The molecule has 1 saturated heterocycles. The molecule has 1 heterocycles. The number of urea groups is 1. The Kier molecular flexibility index (Phi) is 6.91. The van der Waals surface area contributed by atoms with Gasteiger partial charge in [-0.15, -0.1) is 0 Å². The predicted molar refractivity (Wildman–Crippen MR) is 129 cm³/mol. The Morgan fingerprint density at radius 3 is 2.49 bits per heavy atom. The van der Waals surface area contributed by atoms with Crippen LogP contribution in [0.1, 0.15) is 23.6 Å². The van der Waals surface area contributed by atoms with Crippen molar-refractivity contribution in [3.05, 3.63) is 94.8 Å². The number of carbonyl (C=O) groups is 3. The van der Waals surface area contributed by atoms with Gasteiger partial charge in [-0.1, -0.05) is 36.4 Å². The number of nitrogens with zero attached hydrogens (tertiary/aromatic N) is 1. The third kappa shape index (κ3) is 5.22. The van der Waals surface area contributed by atoms with Crippen molar-refractivity contribution in [3.63, 3.8) is 0 Å². The van der Waals surface area contributed by atoms with Gasteiger partial charge in [0.2, 0.25) is 0 Å². The average Bonchev–Trinajstić information content (AvgIpc) is 2.82. The minimum atomic E-state index is -0.803. The molecule has 0 spiro atoms. The summed E-state index contributed by atoms with van der Waals surface area (Å²) in [5.41, 5.74) is 2.07. The summed E-state index contributed by atoms with van der Waals surface area (Å²) >= 11 is 0. The monoisotopic (exact) mass is 474 g/mol. The summed E-state index contributed by atoms with van der Waals surface area (Å²) in [5.74, 6) is -1.04. The van der Waals surface area contributed by atoms with Crippen molar-refractivity contribution in [1.29, 1.82) is 0 Å². The molecule has 4 amide bonds. The maximum atomic E-state index is 13.4. The second kappa shape index (κ2) is 10.2. The standard InChI is InChI=1S/C27H23FN2O5/c1-3-34-24-15-18(11-12-23(24)35-16-19-8-6-9-20(28)13-19)14-21-25(31)29-27(33)30(26(21)32)22-10-5-4-7-17(22)2/h4-15H,3,16H2,1-2H3,(H,29,31,33)/b21-14+. The summed E-state index contributed by atoms with van der Waals surface area (Å²) in [7, 11) is 0. The van der Waals surface area contributed by atoms with Crippen LogP contribution >= 0.6 is 0 Å². The number of barbiturate groups is 1. The summed E-state index contributed by atoms with van der Waals surface area (Å²) < 4.78 is 24.9. The number of imide groups is 2. The van der Waals surface area contributed by atoms with Crippen LogP contribution in [0.15, 0.2) is 72.3 Å². The van der Waals surface area contributed by atoms with E-state index in [1.165, 1.54) is 18.2 Å². The van der Waals surface area contributed by atoms with Gasteiger partial charge in [-0.3, -0.25) is 14.9 Å². The molecule has 1 aliphatic rings. The number of anilines is 1. The maximum absolute atomic E-state index is 13.4. The summed E-state index contributed by atoms with van der Waals surface area (Å²) in [6.07, 6.45) is 1.40. The van der Waals surface area contributed by atoms with Crippen LogP contribution in [0.2, 0.25) is 0 Å². The molecule has 178 valence electrons. The molecule has 0 saturated carbocycles. The van der Waals surface area contributed by atoms with Gasteiger partial charge in [0.1, 0.15) is 18.0 Å². The van der Waals surface area contributed by atoms with Crippen LogP contribution in [0.3, 0.4) is 0 Å². The molecule has 0 bridgehead atoms. The number of hydrogen-bond acceptors (Lipinski definition) is 5. The SMILES string of the molecule is CCOc1cc(/C=C2\C(=O)NC(=O)N(c3ccccc3C)C2=O)ccc1OCc1cccc(F)c1. The minimum Gasteiger partial charge on any atom is -0.490 e. The van der Waals surface area contributed by atoms with Crippen molar-refractivity contribution in [2.75, 3.05) is 11.5 Å². The van der Waals surface area contributed by atoms with Crippen molar-refractivity contribution in [2.45, 2.75) is 20.5 Å². The first kappa shape index (κ1) is 23.7. The topological polar surface area (TPSA) is 84.9 Å². The Balaban J connectivity index is 1.62. The minimum absolute atomic E-state index is 0.132. The molecule has 0 atom stereocenters. The van der Waals surface area contributed by atoms with E-state index in [0.29, 0.717) is 40.5 Å². The van der Waals surface area contributed by atoms with Crippen LogP contribution in [0.5, 0.6) is 11.5 Å². The van der Waals surface area contributed by atoms with Gasteiger partial charge in [0, 0.05) is 0 Å². The number of aryl methyl sites for hydroxylation is 1. The zero-order chi connectivity index (χ0) is 24.9. The Morgan fingerprint density at radius 2 is 1.74 bits per heavy atom. The van der Waals surface area contributed by atoms with E-state index in [1.54, 1.807) is 61.5 Å². The second-order valence-electron chi connectivity index (χ2n) is 7.80. The highest BCUT2D eigenvalue weighted by atomic mass is 19.1. The van der Waals surface area contributed by atoms with Crippen molar-refractivity contribution < 1.29 is 28.2 Å². The fraction of sp³-hybridized carbons (Fsp3) is 0.148. The number of para-hydroxylation sites is 1. The lowest BCUT2D eigenvalue weighted by Crippen LogP contribution is -2.54. The molecular weight excluding hydrogens is 451 g/mol. The van der Waals surface area contributed by atoms with Gasteiger partial charge in [0.15, 0.2) is 11.5 Å². The van der Waals surface area contributed by atoms with E-state index in [2.05, 4.69) is 5.32 Å². The molecule has 3 aromatic carbocycles. The predicted octanol–water partition coefficient (Wildman–Crippen LogP) is 4.78.